The van der Waals surface area contributed by atoms with Crippen molar-refractivity contribution in [3.05, 3.63) is 59.7 Å². The van der Waals surface area contributed by atoms with Crippen LogP contribution in [0.2, 0.25) is 0 Å². The fraction of sp³-hybridized carbons (Fsp3) is 0.188. The summed E-state index contributed by atoms with van der Waals surface area (Å²) < 4.78 is 31.9. The molecule has 0 heterocycles. The van der Waals surface area contributed by atoms with E-state index in [1.54, 1.807) is 24.3 Å². The molecule has 0 spiro atoms. The van der Waals surface area contributed by atoms with Crippen molar-refractivity contribution >= 4 is 11.6 Å². The number of carbonyl (C=O) groups is 1. The van der Waals surface area contributed by atoms with Gasteiger partial charge >= 0.3 is 0 Å². The molecule has 0 atom stereocenters. The van der Waals surface area contributed by atoms with Gasteiger partial charge in [-0.15, -0.1) is 0 Å². The first-order valence-corrected chi connectivity index (χ1v) is 6.60. The summed E-state index contributed by atoms with van der Waals surface area (Å²) in [5, 5.41) is 2.41. The molecular formula is C16H15F2NO2. The lowest BCUT2D eigenvalue weighted by atomic mass is 10.2. The first-order chi connectivity index (χ1) is 10.1. The Balaban J connectivity index is 2.20. The van der Waals surface area contributed by atoms with E-state index in [0.29, 0.717) is 17.9 Å². The van der Waals surface area contributed by atoms with Gasteiger partial charge in [-0.1, -0.05) is 19.1 Å². The number of hydrogen-bond donors (Lipinski definition) is 1. The highest BCUT2D eigenvalue weighted by molar-refractivity contribution is 6.06. The van der Waals surface area contributed by atoms with Crippen LogP contribution in [0.3, 0.4) is 0 Å². The maximum Gasteiger partial charge on any atom is 0.259 e. The number of ether oxygens (including phenoxy) is 1. The Labute approximate surface area is 121 Å². The molecule has 0 bridgehead atoms. The van der Waals surface area contributed by atoms with Gasteiger partial charge in [0.15, 0.2) is 0 Å². The molecule has 0 aliphatic carbocycles. The smallest absolute Gasteiger partial charge is 0.259 e. The first-order valence-electron chi connectivity index (χ1n) is 6.60. The van der Waals surface area contributed by atoms with Crippen molar-refractivity contribution in [1.82, 2.24) is 0 Å². The zero-order valence-corrected chi connectivity index (χ0v) is 11.5. The van der Waals surface area contributed by atoms with Crippen LogP contribution in [0.5, 0.6) is 5.75 Å². The number of anilines is 1. The average Bonchev–Trinajstić information content (AvgIpc) is 2.48. The Hall–Kier alpha value is -2.43. The van der Waals surface area contributed by atoms with E-state index in [9.17, 15) is 13.6 Å². The molecule has 2 aromatic rings. The number of hydrogen-bond acceptors (Lipinski definition) is 2. The van der Waals surface area contributed by atoms with E-state index in [4.69, 9.17) is 4.74 Å². The van der Waals surface area contributed by atoms with Crippen LogP contribution in [0.4, 0.5) is 14.5 Å². The van der Waals surface area contributed by atoms with Gasteiger partial charge in [0, 0.05) is 6.07 Å². The monoisotopic (exact) mass is 291 g/mol. The molecule has 0 saturated heterocycles. The van der Waals surface area contributed by atoms with Gasteiger partial charge in [-0.25, -0.2) is 8.78 Å². The van der Waals surface area contributed by atoms with E-state index in [1.807, 2.05) is 6.92 Å². The predicted molar refractivity (Wildman–Crippen MR) is 76.5 cm³/mol. The van der Waals surface area contributed by atoms with Crippen LogP contribution in [-0.2, 0) is 0 Å². The molecule has 2 aromatic carbocycles. The largest absolute Gasteiger partial charge is 0.493 e. The van der Waals surface area contributed by atoms with Gasteiger partial charge in [-0.3, -0.25) is 4.79 Å². The fourth-order valence-electron chi connectivity index (χ4n) is 1.77. The van der Waals surface area contributed by atoms with Crippen LogP contribution in [0.15, 0.2) is 42.5 Å². The molecule has 2 rings (SSSR count). The van der Waals surface area contributed by atoms with Gasteiger partial charge in [-0.05, 0) is 30.7 Å². The maximum atomic E-state index is 13.5. The zero-order valence-electron chi connectivity index (χ0n) is 11.5. The molecule has 21 heavy (non-hydrogen) atoms. The zero-order chi connectivity index (χ0) is 15.2. The summed E-state index contributed by atoms with van der Waals surface area (Å²) in [5.41, 5.74) is 0.223. The number of halogens is 2. The molecule has 0 aromatic heterocycles. The molecular weight excluding hydrogens is 276 g/mol. The van der Waals surface area contributed by atoms with Crippen LogP contribution in [0.1, 0.15) is 23.7 Å². The van der Waals surface area contributed by atoms with E-state index >= 15 is 0 Å². The lowest BCUT2D eigenvalue weighted by molar-refractivity contribution is 0.102. The molecule has 3 nitrogen and oxygen atoms in total. The molecule has 1 amide bonds. The Kier molecular flexibility index (Phi) is 4.87. The minimum Gasteiger partial charge on any atom is -0.493 e. The van der Waals surface area contributed by atoms with Gasteiger partial charge in [0.2, 0.25) is 0 Å². The number of amides is 1. The highest BCUT2D eigenvalue weighted by atomic mass is 19.1. The molecule has 110 valence electrons. The van der Waals surface area contributed by atoms with E-state index < -0.39 is 17.5 Å². The highest BCUT2D eigenvalue weighted by Gasteiger charge is 2.14. The van der Waals surface area contributed by atoms with Crippen molar-refractivity contribution in [2.75, 3.05) is 11.9 Å². The third-order valence-corrected chi connectivity index (χ3v) is 2.77. The molecule has 0 radical (unpaired) electrons. The lowest BCUT2D eigenvalue weighted by Gasteiger charge is -2.11. The Morgan fingerprint density at radius 2 is 1.95 bits per heavy atom. The minimum atomic E-state index is -0.824. The Morgan fingerprint density at radius 3 is 2.67 bits per heavy atom. The summed E-state index contributed by atoms with van der Waals surface area (Å²) in [6, 6.07) is 9.67. The predicted octanol–water partition coefficient (Wildman–Crippen LogP) is 4.01. The van der Waals surface area contributed by atoms with E-state index in [0.717, 1.165) is 18.6 Å². The van der Waals surface area contributed by atoms with E-state index in [2.05, 4.69) is 5.32 Å². The number of para-hydroxylation sites is 1. The fourth-order valence-corrected chi connectivity index (χ4v) is 1.77. The summed E-state index contributed by atoms with van der Waals surface area (Å²) in [7, 11) is 0. The van der Waals surface area contributed by atoms with E-state index in [1.165, 1.54) is 6.07 Å². The number of carbonyl (C=O) groups excluding carboxylic acids is 1. The van der Waals surface area contributed by atoms with Crippen LogP contribution in [-0.4, -0.2) is 12.5 Å². The second kappa shape index (κ2) is 6.83. The minimum absolute atomic E-state index is 0.0771. The average molecular weight is 291 g/mol. The summed E-state index contributed by atoms with van der Waals surface area (Å²) >= 11 is 0. The Bertz CT molecular complexity index is 644. The van der Waals surface area contributed by atoms with Crippen molar-refractivity contribution in [3.8, 4) is 5.75 Å². The Morgan fingerprint density at radius 1 is 1.19 bits per heavy atom. The number of benzene rings is 2. The van der Waals surface area contributed by atoms with Crippen molar-refractivity contribution < 1.29 is 18.3 Å². The quantitative estimate of drug-likeness (QED) is 0.904. The molecule has 0 fully saturated rings. The molecule has 1 N–H and O–H groups in total. The molecule has 0 aliphatic rings. The highest BCUT2D eigenvalue weighted by Crippen LogP contribution is 2.21. The second-order valence-electron chi connectivity index (χ2n) is 4.42. The molecule has 0 aliphatic heterocycles. The third-order valence-electron chi connectivity index (χ3n) is 2.77. The van der Waals surface area contributed by atoms with Gasteiger partial charge in [0.1, 0.15) is 17.4 Å². The van der Waals surface area contributed by atoms with E-state index in [-0.39, 0.29) is 5.69 Å². The van der Waals surface area contributed by atoms with Crippen molar-refractivity contribution in [2.45, 2.75) is 13.3 Å². The SMILES string of the molecule is CCCOc1ccccc1C(=O)Nc1ccc(F)cc1F. The lowest BCUT2D eigenvalue weighted by Crippen LogP contribution is -2.14. The number of nitrogens with one attached hydrogen (secondary N) is 1. The second-order valence-corrected chi connectivity index (χ2v) is 4.42. The van der Waals surface area contributed by atoms with Crippen LogP contribution in [0, 0.1) is 11.6 Å². The third kappa shape index (κ3) is 3.78. The summed E-state index contributed by atoms with van der Waals surface area (Å²) in [6.45, 7) is 2.44. The molecule has 5 heteroatoms. The van der Waals surface area contributed by atoms with Gasteiger partial charge < -0.3 is 10.1 Å². The van der Waals surface area contributed by atoms with Gasteiger partial charge in [0.05, 0.1) is 17.9 Å². The summed E-state index contributed by atoms with van der Waals surface area (Å²) in [4.78, 5) is 12.2. The normalized spacial score (nSPS) is 10.2. The summed E-state index contributed by atoms with van der Waals surface area (Å²) in [6.07, 6.45) is 0.808. The van der Waals surface area contributed by atoms with Gasteiger partial charge in [-0.2, -0.15) is 0 Å². The number of rotatable bonds is 5. The van der Waals surface area contributed by atoms with Crippen molar-refractivity contribution in [3.63, 3.8) is 0 Å². The topological polar surface area (TPSA) is 38.3 Å². The summed E-state index contributed by atoms with van der Waals surface area (Å²) in [5.74, 6) is -1.60. The van der Waals surface area contributed by atoms with Crippen LogP contribution >= 0.6 is 0 Å². The standard InChI is InChI=1S/C16H15F2NO2/c1-2-9-21-15-6-4-3-5-12(15)16(20)19-14-8-7-11(17)10-13(14)18/h3-8,10H,2,9H2,1H3,(H,19,20). The van der Waals surface area contributed by atoms with Crippen LogP contribution < -0.4 is 10.1 Å². The van der Waals surface area contributed by atoms with Crippen molar-refractivity contribution in [1.29, 1.82) is 0 Å². The molecule has 0 saturated carbocycles. The molecule has 0 unspecified atom stereocenters. The first kappa shape index (κ1) is 15.0. The maximum absolute atomic E-state index is 13.5. The van der Waals surface area contributed by atoms with Crippen molar-refractivity contribution in [2.24, 2.45) is 0 Å². The van der Waals surface area contributed by atoms with Crippen LogP contribution in [0.25, 0.3) is 0 Å². The van der Waals surface area contributed by atoms with Gasteiger partial charge in [0.25, 0.3) is 5.91 Å².